The third-order valence-corrected chi connectivity index (χ3v) is 4.30. The number of nitrogens with zero attached hydrogens (tertiary/aromatic N) is 2. The minimum atomic E-state index is -0.705. The summed E-state index contributed by atoms with van der Waals surface area (Å²) in [7, 11) is 0. The highest BCUT2D eigenvalue weighted by atomic mass is 19.1. The molecule has 1 aliphatic rings. The quantitative estimate of drug-likeness (QED) is 0.819. The molecule has 1 aliphatic heterocycles. The molecule has 3 amide bonds. The van der Waals surface area contributed by atoms with Crippen LogP contribution in [0.4, 0.5) is 10.1 Å². The van der Waals surface area contributed by atoms with Crippen LogP contribution in [0.2, 0.25) is 0 Å². The molecule has 7 heteroatoms. The lowest BCUT2D eigenvalue weighted by Gasteiger charge is -2.33. The molecule has 1 saturated heterocycles. The Morgan fingerprint density at radius 2 is 1.74 bits per heavy atom. The first kappa shape index (κ1) is 18.6. The van der Waals surface area contributed by atoms with Crippen molar-refractivity contribution in [1.82, 2.24) is 9.80 Å². The third-order valence-electron chi connectivity index (χ3n) is 4.30. The van der Waals surface area contributed by atoms with Crippen LogP contribution in [0.15, 0.2) is 48.5 Å². The Hall–Kier alpha value is -3.22. The lowest BCUT2D eigenvalue weighted by molar-refractivity contribution is -0.157. The van der Waals surface area contributed by atoms with Gasteiger partial charge in [-0.1, -0.05) is 35.9 Å². The molecule has 2 aromatic carbocycles. The maximum absolute atomic E-state index is 13.2. The number of halogens is 1. The van der Waals surface area contributed by atoms with E-state index in [1.54, 1.807) is 6.07 Å². The van der Waals surface area contributed by atoms with Crippen LogP contribution < -0.4 is 5.32 Å². The van der Waals surface area contributed by atoms with Crippen molar-refractivity contribution >= 4 is 23.4 Å². The molecular formula is C20H20FN3O3. The first-order valence-corrected chi connectivity index (χ1v) is 8.61. The van der Waals surface area contributed by atoms with Gasteiger partial charge in [-0.3, -0.25) is 14.4 Å². The standard InChI is InChI=1S/C20H20FN3O3/c1-14-4-2-5-15(10-14)12-23-8-9-24(20(27)19(23)26)13-18(25)22-17-7-3-6-16(21)11-17/h2-7,10-11H,8-9,12-13H2,1H3,(H,22,25). The summed E-state index contributed by atoms with van der Waals surface area (Å²) in [6.45, 7) is 2.69. The Morgan fingerprint density at radius 1 is 1.04 bits per heavy atom. The van der Waals surface area contributed by atoms with Crippen LogP contribution in [-0.4, -0.2) is 47.2 Å². The van der Waals surface area contributed by atoms with Crippen molar-refractivity contribution in [1.29, 1.82) is 0 Å². The number of anilines is 1. The second kappa shape index (κ2) is 7.99. The maximum atomic E-state index is 13.2. The highest BCUT2D eigenvalue weighted by Crippen LogP contribution is 2.13. The number of aryl methyl sites for hydroxylation is 1. The summed E-state index contributed by atoms with van der Waals surface area (Å²) >= 11 is 0. The van der Waals surface area contributed by atoms with Crippen molar-refractivity contribution in [2.24, 2.45) is 0 Å². The molecule has 1 fully saturated rings. The van der Waals surface area contributed by atoms with Crippen LogP contribution in [0, 0.1) is 12.7 Å². The van der Waals surface area contributed by atoms with E-state index in [4.69, 9.17) is 0 Å². The molecule has 1 heterocycles. The molecule has 0 aromatic heterocycles. The van der Waals surface area contributed by atoms with Gasteiger partial charge in [0.2, 0.25) is 5.91 Å². The van der Waals surface area contributed by atoms with Crippen LogP contribution in [0.3, 0.4) is 0 Å². The lowest BCUT2D eigenvalue weighted by atomic mass is 10.1. The van der Waals surface area contributed by atoms with Gasteiger partial charge in [-0.15, -0.1) is 0 Å². The first-order chi connectivity index (χ1) is 12.9. The van der Waals surface area contributed by atoms with Gasteiger partial charge in [-0.05, 0) is 30.7 Å². The Bertz CT molecular complexity index is 884. The Kier molecular flexibility index (Phi) is 5.49. The Balaban J connectivity index is 1.57. The molecule has 0 atom stereocenters. The Labute approximate surface area is 156 Å². The fourth-order valence-electron chi connectivity index (χ4n) is 2.99. The predicted octanol–water partition coefficient (Wildman–Crippen LogP) is 1.94. The highest BCUT2D eigenvalue weighted by molar-refractivity contribution is 6.35. The first-order valence-electron chi connectivity index (χ1n) is 8.61. The number of hydrogen-bond donors (Lipinski definition) is 1. The summed E-state index contributed by atoms with van der Waals surface area (Å²) < 4.78 is 13.2. The summed E-state index contributed by atoms with van der Waals surface area (Å²) in [5, 5.41) is 2.52. The summed E-state index contributed by atoms with van der Waals surface area (Å²) in [5.74, 6) is -2.28. The molecule has 140 valence electrons. The van der Waals surface area contributed by atoms with E-state index in [2.05, 4.69) is 5.32 Å². The van der Waals surface area contributed by atoms with E-state index in [0.29, 0.717) is 18.8 Å². The van der Waals surface area contributed by atoms with Crippen molar-refractivity contribution in [3.8, 4) is 0 Å². The van der Waals surface area contributed by atoms with Crippen LogP contribution >= 0.6 is 0 Å². The molecule has 0 spiro atoms. The van der Waals surface area contributed by atoms with Gasteiger partial charge in [0.25, 0.3) is 0 Å². The van der Waals surface area contributed by atoms with Gasteiger partial charge in [-0.2, -0.15) is 0 Å². The fraction of sp³-hybridized carbons (Fsp3) is 0.250. The monoisotopic (exact) mass is 369 g/mol. The fourth-order valence-corrected chi connectivity index (χ4v) is 2.99. The number of piperazine rings is 1. The summed E-state index contributed by atoms with van der Waals surface area (Å²) in [5.41, 5.74) is 2.34. The number of carbonyl (C=O) groups excluding carboxylic acids is 3. The van der Waals surface area contributed by atoms with E-state index in [1.807, 2.05) is 31.2 Å². The van der Waals surface area contributed by atoms with Crippen molar-refractivity contribution in [3.05, 3.63) is 65.5 Å². The molecule has 0 radical (unpaired) electrons. The summed E-state index contributed by atoms with van der Waals surface area (Å²) in [6, 6.07) is 13.2. The minimum Gasteiger partial charge on any atom is -0.328 e. The smallest absolute Gasteiger partial charge is 0.312 e. The molecular weight excluding hydrogens is 349 g/mol. The van der Waals surface area contributed by atoms with Gasteiger partial charge in [-0.25, -0.2) is 4.39 Å². The second-order valence-electron chi connectivity index (χ2n) is 6.50. The van der Waals surface area contributed by atoms with Crippen LogP contribution in [-0.2, 0) is 20.9 Å². The van der Waals surface area contributed by atoms with Gasteiger partial charge in [0.15, 0.2) is 0 Å². The molecule has 3 rings (SSSR count). The molecule has 0 aliphatic carbocycles. The normalized spacial score (nSPS) is 14.4. The third kappa shape index (κ3) is 4.69. The largest absolute Gasteiger partial charge is 0.328 e. The summed E-state index contributed by atoms with van der Waals surface area (Å²) in [6.07, 6.45) is 0. The van der Waals surface area contributed by atoms with E-state index in [0.717, 1.165) is 11.1 Å². The zero-order valence-electron chi connectivity index (χ0n) is 14.9. The van der Waals surface area contributed by atoms with Crippen molar-refractivity contribution in [2.75, 3.05) is 25.0 Å². The average molecular weight is 369 g/mol. The number of carbonyl (C=O) groups is 3. The molecule has 6 nitrogen and oxygen atoms in total. The minimum absolute atomic E-state index is 0.251. The predicted molar refractivity (Wildman–Crippen MR) is 98.2 cm³/mol. The van der Waals surface area contributed by atoms with E-state index in [9.17, 15) is 18.8 Å². The molecule has 0 unspecified atom stereocenters. The maximum Gasteiger partial charge on any atom is 0.312 e. The number of hydrogen-bond acceptors (Lipinski definition) is 3. The molecule has 0 saturated carbocycles. The van der Waals surface area contributed by atoms with E-state index >= 15 is 0 Å². The van der Waals surface area contributed by atoms with Crippen molar-refractivity contribution in [2.45, 2.75) is 13.5 Å². The van der Waals surface area contributed by atoms with Gasteiger partial charge < -0.3 is 15.1 Å². The average Bonchev–Trinajstić information content (AvgIpc) is 2.61. The van der Waals surface area contributed by atoms with Gasteiger partial charge in [0.05, 0.1) is 0 Å². The number of benzene rings is 2. The summed E-state index contributed by atoms with van der Waals surface area (Å²) in [4.78, 5) is 39.5. The van der Waals surface area contributed by atoms with E-state index < -0.39 is 23.5 Å². The molecule has 0 bridgehead atoms. The van der Waals surface area contributed by atoms with Crippen molar-refractivity contribution < 1.29 is 18.8 Å². The molecule has 1 N–H and O–H groups in total. The number of rotatable bonds is 5. The number of nitrogens with one attached hydrogen (secondary N) is 1. The van der Waals surface area contributed by atoms with E-state index in [1.165, 1.54) is 28.0 Å². The number of amides is 3. The molecule has 2 aromatic rings. The highest BCUT2D eigenvalue weighted by Gasteiger charge is 2.33. The van der Waals surface area contributed by atoms with Crippen molar-refractivity contribution in [3.63, 3.8) is 0 Å². The SMILES string of the molecule is Cc1cccc(CN2CCN(CC(=O)Nc3cccc(F)c3)C(=O)C2=O)c1. The van der Waals surface area contributed by atoms with Crippen LogP contribution in [0.1, 0.15) is 11.1 Å². The van der Waals surface area contributed by atoms with Gasteiger partial charge in [0, 0.05) is 25.3 Å². The topological polar surface area (TPSA) is 69.7 Å². The Morgan fingerprint density at radius 3 is 2.48 bits per heavy atom. The molecule has 27 heavy (non-hydrogen) atoms. The second-order valence-corrected chi connectivity index (χ2v) is 6.50. The van der Waals surface area contributed by atoms with Gasteiger partial charge in [0.1, 0.15) is 12.4 Å². The zero-order chi connectivity index (χ0) is 19.4. The van der Waals surface area contributed by atoms with Crippen LogP contribution in [0.5, 0.6) is 0 Å². The van der Waals surface area contributed by atoms with Crippen LogP contribution in [0.25, 0.3) is 0 Å². The van der Waals surface area contributed by atoms with E-state index in [-0.39, 0.29) is 13.1 Å². The zero-order valence-corrected chi connectivity index (χ0v) is 14.9. The van der Waals surface area contributed by atoms with Gasteiger partial charge >= 0.3 is 11.8 Å². The lowest BCUT2D eigenvalue weighted by Crippen LogP contribution is -2.55.